The number of hydrogen-bond acceptors (Lipinski definition) is 7. The van der Waals surface area contributed by atoms with Crippen molar-refractivity contribution < 1.29 is 19.4 Å². The average Bonchev–Trinajstić information content (AvgIpc) is 3.05. The summed E-state index contributed by atoms with van der Waals surface area (Å²) in [6.07, 6.45) is 4.00. The van der Waals surface area contributed by atoms with Crippen LogP contribution in [0.1, 0.15) is 32.6 Å². The predicted molar refractivity (Wildman–Crippen MR) is 114 cm³/mol. The van der Waals surface area contributed by atoms with Gasteiger partial charge in [0.25, 0.3) is 0 Å². The van der Waals surface area contributed by atoms with Crippen molar-refractivity contribution >= 4 is 12.1 Å². The van der Waals surface area contributed by atoms with Gasteiger partial charge in [0.15, 0.2) is 6.23 Å². The van der Waals surface area contributed by atoms with Crippen LogP contribution in [-0.4, -0.2) is 133 Å². The molecule has 0 aromatic heterocycles. The molecule has 2 atom stereocenters. The number of likely N-dealkylation sites (N-methyl/N-ethyl adjacent to an activating group) is 1. The molecule has 3 saturated heterocycles. The number of carbonyl (C=O) groups is 2. The first-order valence-corrected chi connectivity index (χ1v) is 11.5. The Hall–Kier alpha value is -1.42. The van der Waals surface area contributed by atoms with E-state index in [-0.39, 0.29) is 24.9 Å². The fourth-order valence-electron chi connectivity index (χ4n) is 4.90. The van der Waals surface area contributed by atoms with Gasteiger partial charge >= 0.3 is 12.1 Å². The van der Waals surface area contributed by atoms with Crippen molar-refractivity contribution in [2.24, 2.45) is 0 Å². The Kier molecular flexibility index (Phi) is 8.73. The SMILES string of the molecule is CCCN1CCN(CCCCC2CN(CC(=O)O)CCN2C2CN(C)C(=O)O2)CC1. The number of amides is 1. The smallest absolute Gasteiger partial charge is 0.411 e. The van der Waals surface area contributed by atoms with Gasteiger partial charge in [0, 0.05) is 58.9 Å². The van der Waals surface area contributed by atoms with E-state index in [0.717, 1.165) is 52.0 Å². The van der Waals surface area contributed by atoms with Gasteiger partial charge in [0.1, 0.15) is 0 Å². The van der Waals surface area contributed by atoms with E-state index in [4.69, 9.17) is 9.84 Å². The van der Waals surface area contributed by atoms with E-state index >= 15 is 0 Å². The quantitative estimate of drug-likeness (QED) is 0.512. The normalized spacial score (nSPS) is 27.5. The highest BCUT2D eigenvalue weighted by Crippen LogP contribution is 2.23. The zero-order valence-corrected chi connectivity index (χ0v) is 18.7. The van der Waals surface area contributed by atoms with Gasteiger partial charge in [-0.2, -0.15) is 0 Å². The summed E-state index contributed by atoms with van der Waals surface area (Å²) in [5.41, 5.74) is 0. The van der Waals surface area contributed by atoms with Crippen molar-refractivity contribution in [3.05, 3.63) is 0 Å². The summed E-state index contributed by atoms with van der Waals surface area (Å²) >= 11 is 0. The fourth-order valence-corrected chi connectivity index (χ4v) is 4.90. The highest BCUT2D eigenvalue weighted by molar-refractivity contribution is 5.69. The number of aliphatic carboxylic acids is 1. The molecule has 2 unspecified atom stereocenters. The summed E-state index contributed by atoms with van der Waals surface area (Å²) in [5, 5.41) is 9.17. The summed E-state index contributed by atoms with van der Waals surface area (Å²) in [6, 6.07) is 0.226. The molecule has 172 valence electrons. The van der Waals surface area contributed by atoms with E-state index in [9.17, 15) is 9.59 Å². The third-order valence-corrected chi connectivity index (χ3v) is 6.59. The minimum absolute atomic E-state index is 0.0801. The minimum atomic E-state index is -0.781. The van der Waals surface area contributed by atoms with Crippen molar-refractivity contribution in [3.8, 4) is 0 Å². The molecule has 0 radical (unpaired) electrons. The first kappa shape index (κ1) is 23.2. The van der Waals surface area contributed by atoms with Crippen LogP contribution >= 0.6 is 0 Å². The van der Waals surface area contributed by atoms with Gasteiger partial charge in [-0.1, -0.05) is 13.3 Å². The summed E-state index contributed by atoms with van der Waals surface area (Å²) in [7, 11) is 1.76. The van der Waals surface area contributed by atoms with Crippen LogP contribution in [0.3, 0.4) is 0 Å². The van der Waals surface area contributed by atoms with Gasteiger partial charge < -0.3 is 24.5 Å². The number of cyclic esters (lactones) is 1. The molecular weight excluding hydrogens is 386 g/mol. The van der Waals surface area contributed by atoms with Crippen LogP contribution < -0.4 is 0 Å². The van der Waals surface area contributed by atoms with E-state index in [1.165, 1.54) is 26.1 Å². The Morgan fingerprint density at radius 1 is 1.00 bits per heavy atom. The van der Waals surface area contributed by atoms with Crippen molar-refractivity contribution in [1.29, 1.82) is 0 Å². The molecule has 1 N–H and O–H groups in total. The van der Waals surface area contributed by atoms with Crippen LogP contribution in [0.15, 0.2) is 0 Å². The maximum atomic E-state index is 11.8. The van der Waals surface area contributed by atoms with Crippen molar-refractivity contribution in [2.45, 2.75) is 44.9 Å². The fraction of sp³-hybridized carbons (Fsp3) is 0.905. The number of nitrogens with zero attached hydrogens (tertiary/aromatic N) is 5. The zero-order valence-electron chi connectivity index (χ0n) is 18.7. The molecule has 1 amide bonds. The molecule has 9 nitrogen and oxygen atoms in total. The number of hydrogen-bond donors (Lipinski definition) is 1. The van der Waals surface area contributed by atoms with Gasteiger partial charge in [0.2, 0.25) is 0 Å². The Morgan fingerprint density at radius 2 is 1.67 bits per heavy atom. The van der Waals surface area contributed by atoms with Crippen LogP contribution in [0.25, 0.3) is 0 Å². The number of rotatable bonds is 10. The van der Waals surface area contributed by atoms with Gasteiger partial charge in [-0.25, -0.2) is 4.79 Å². The van der Waals surface area contributed by atoms with Crippen molar-refractivity contribution in [1.82, 2.24) is 24.5 Å². The molecule has 3 rings (SSSR count). The Balaban J connectivity index is 1.45. The second-order valence-electron chi connectivity index (χ2n) is 8.92. The second kappa shape index (κ2) is 11.3. The van der Waals surface area contributed by atoms with Crippen LogP contribution in [0.4, 0.5) is 4.79 Å². The number of carboxylic acids is 1. The van der Waals surface area contributed by atoms with Crippen molar-refractivity contribution in [2.75, 3.05) is 79.0 Å². The third kappa shape index (κ3) is 6.54. The van der Waals surface area contributed by atoms with Gasteiger partial charge in [0.05, 0.1) is 13.1 Å². The maximum Gasteiger partial charge on any atom is 0.411 e. The molecule has 3 heterocycles. The molecule has 0 spiro atoms. The Labute approximate surface area is 180 Å². The molecular formula is C21H39N5O4. The maximum absolute atomic E-state index is 11.8. The van der Waals surface area contributed by atoms with Crippen LogP contribution in [0.2, 0.25) is 0 Å². The number of piperazine rings is 2. The topological polar surface area (TPSA) is 79.8 Å². The molecule has 0 aromatic carbocycles. The third-order valence-electron chi connectivity index (χ3n) is 6.59. The summed E-state index contributed by atoms with van der Waals surface area (Å²) in [5.74, 6) is -0.781. The van der Waals surface area contributed by atoms with Gasteiger partial charge in [-0.15, -0.1) is 0 Å². The minimum Gasteiger partial charge on any atom is -0.480 e. The van der Waals surface area contributed by atoms with E-state index in [1.807, 2.05) is 4.90 Å². The van der Waals surface area contributed by atoms with E-state index in [0.29, 0.717) is 13.1 Å². The molecule has 30 heavy (non-hydrogen) atoms. The van der Waals surface area contributed by atoms with Crippen LogP contribution in [0.5, 0.6) is 0 Å². The lowest BCUT2D eigenvalue weighted by molar-refractivity contribution is -0.139. The molecule has 0 saturated carbocycles. The molecule has 9 heteroatoms. The number of ether oxygens (including phenoxy) is 1. The lowest BCUT2D eigenvalue weighted by Crippen LogP contribution is -2.58. The van der Waals surface area contributed by atoms with E-state index in [2.05, 4.69) is 21.6 Å². The molecule has 3 fully saturated rings. The molecule has 3 aliphatic heterocycles. The largest absolute Gasteiger partial charge is 0.480 e. The summed E-state index contributed by atoms with van der Waals surface area (Å²) in [4.78, 5) is 34.0. The average molecular weight is 426 g/mol. The van der Waals surface area contributed by atoms with Crippen LogP contribution in [-0.2, 0) is 9.53 Å². The lowest BCUT2D eigenvalue weighted by atomic mass is 10.0. The highest BCUT2D eigenvalue weighted by atomic mass is 16.6. The molecule has 0 aliphatic carbocycles. The first-order valence-electron chi connectivity index (χ1n) is 11.5. The Morgan fingerprint density at radius 3 is 2.27 bits per heavy atom. The standard InChI is InChI=1S/C21H39N5O4/c1-3-7-23-9-11-24(12-10-23)8-5-4-6-18-15-25(17-20(27)28)13-14-26(18)19-16-22(2)21(29)30-19/h18-19H,3-17H2,1-2H3,(H,27,28). The highest BCUT2D eigenvalue weighted by Gasteiger charge is 2.39. The monoisotopic (exact) mass is 425 g/mol. The molecule has 3 aliphatic rings. The zero-order chi connectivity index (χ0) is 21.5. The van der Waals surface area contributed by atoms with E-state index < -0.39 is 5.97 Å². The first-order chi connectivity index (χ1) is 14.5. The molecule has 0 aromatic rings. The number of carboxylic acid groups (broad SMARTS) is 1. The van der Waals surface area contributed by atoms with Gasteiger partial charge in [-0.3, -0.25) is 14.6 Å². The van der Waals surface area contributed by atoms with Gasteiger partial charge in [-0.05, 0) is 32.4 Å². The van der Waals surface area contributed by atoms with Crippen molar-refractivity contribution in [3.63, 3.8) is 0 Å². The lowest BCUT2D eigenvalue weighted by Gasteiger charge is -2.43. The number of unbranched alkanes of at least 4 members (excludes halogenated alkanes) is 1. The Bertz CT molecular complexity index is 570. The van der Waals surface area contributed by atoms with E-state index in [1.54, 1.807) is 11.9 Å². The summed E-state index contributed by atoms with van der Waals surface area (Å²) < 4.78 is 5.56. The second-order valence-corrected chi connectivity index (χ2v) is 8.92. The molecule has 0 bridgehead atoms. The predicted octanol–water partition coefficient (Wildman–Crippen LogP) is 0.663. The summed E-state index contributed by atoms with van der Waals surface area (Å²) in [6.45, 7) is 12.1. The van der Waals surface area contributed by atoms with Crippen LogP contribution in [0, 0.1) is 0 Å². The number of carbonyl (C=O) groups excluding carboxylic acids is 1.